The summed E-state index contributed by atoms with van der Waals surface area (Å²) in [6.07, 6.45) is 3.64. The van der Waals surface area contributed by atoms with Crippen molar-refractivity contribution in [3.05, 3.63) is 40.7 Å². The zero-order valence-corrected chi connectivity index (χ0v) is 22.5. The maximum Gasteiger partial charge on any atom is 0.263 e. The van der Waals surface area contributed by atoms with Crippen LogP contribution in [0.2, 0.25) is 0 Å². The summed E-state index contributed by atoms with van der Waals surface area (Å²) in [5, 5.41) is 6.64. The molecule has 0 amide bonds. The molecule has 6 nitrogen and oxygen atoms in total. The molecule has 0 spiro atoms. The molecule has 184 valence electrons. The van der Waals surface area contributed by atoms with E-state index in [9.17, 15) is 0 Å². The van der Waals surface area contributed by atoms with E-state index in [1.165, 1.54) is 24.1 Å². The highest BCUT2D eigenvalue weighted by Crippen LogP contribution is 2.25. The molecule has 2 atom stereocenters. The Morgan fingerprint density at radius 1 is 1.30 bits per heavy atom. The molecule has 3 rings (SSSR count). The van der Waals surface area contributed by atoms with E-state index in [1.807, 2.05) is 13.8 Å². The van der Waals surface area contributed by atoms with Gasteiger partial charge in [-0.05, 0) is 75.1 Å². The average molecular weight is 474 g/mol. The topological polar surface area (TPSA) is 74.9 Å². The number of aryl methyl sites for hydroxylation is 2. The number of likely N-dealkylation sites (tertiary alicyclic amines) is 1. The normalized spacial score (nSPS) is 19.1. The lowest BCUT2D eigenvalue weighted by Crippen LogP contribution is -2.49. The van der Waals surface area contributed by atoms with E-state index in [-0.39, 0.29) is 10.6 Å². The number of thiocarbonyl (C=S) groups is 1. The third kappa shape index (κ3) is 7.52. The molecule has 0 bridgehead atoms. The second-order valence-electron chi connectivity index (χ2n) is 9.74. The third-order valence-corrected chi connectivity index (χ3v) is 6.46. The summed E-state index contributed by atoms with van der Waals surface area (Å²) in [7, 11) is 0. The van der Waals surface area contributed by atoms with Gasteiger partial charge in [-0.2, -0.15) is 0 Å². The van der Waals surface area contributed by atoms with Crippen LogP contribution in [-0.2, 0) is 6.42 Å². The molecule has 2 heterocycles. The molecular weight excluding hydrogens is 430 g/mol. The molecule has 1 aromatic carbocycles. The Bertz CT molecular complexity index is 887. The fourth-order valence-corrected chi connectivity index (χ4v) is 4.02. The van der Waals surface area contributed by atoms with Crippen molar-refractivity contribution < 1.29 is 4.74 Å². The lowest BCUT2D eigenvalue weighted by molar-refractivity contribution is 0.106. The second-order valence-corrected chi connectivity index (χ2v) is 10.1. The van der Waals surface area contributed by atoms with Crippen LogP contribution in [0.3, 0.4) is 0 Å². The van der Waals surface area contributed by atoms with Gasteiger partial charge in [-0.15, -0.1) is 0 Å². The fourth-order valence-electron chi connectivity index (χ4n) is 3.80. The molecule has 2 unspecified atom stereocenters. The van der Waals surface area contributed by atoms with Gasteiger partial charge in [0.2, 0.25) is 0 Å². The Labute approximate surface area is 206 Å². The highest BCUT2D eigenvalue weighted by molar-refractivity contribution is 7.80. The van der Waals surface area contributed by atoms with Gasteiger partial charge in [0.25, 0.3) is 5.17 Å². The minimum atomic E-state index is -0.503. The maximum atomic E-state index is 6.26. The molecule has 1 fully saturated rings. The Morgan fingerprint density at radius 3 is 2.52 bits per heavy atom. The van der Waals surface area contributed by atoms with Crippen LogP contribution in [0, 0.1) is 19.3 Å². The van der Waals surface area contributed by atoms with Crippen LogP contribution in [0.15, 0.2) is 29.0 Å². The molecular formula is C26H43N5OS. The van der Waals surface area contributed by atoms with Crippen molar-refractivity contribution in [2.75, 3.05) is 19.6 Å². The van der Waals surface area contributed by atoms with Crippen LogP contribution in [0.5, 0.6) is 5.75 Å². The van der Waals surface area contributed by atoms with Gasteiger partial charge < -0.3 is 26.0 Å². The number of nitrogens with zero attached hydrogens (tertiary/aromatic N) is 2. The van der Waals surface area contributed by atoms with Gasteiger partial charge in [0.15, 0.2) is 0 Å². The number of rotatable bonds is 6. The summed E-state index contributed by atoms with van der Waals surface area (Å²) < 4.78 is 5.93. The third-order valence-electron chi connectivity index (χ3n) is 6.26. The fraction of sp³-hybridized carbons (Fsp3) is 0.615. The summed E-state index contributed by atoms with van der Waals surface area (Å²) >= 11 is 5.41. The highest BCUT2D eigenvalue weighted by atomic mass is 32.1. The number of ether oxygens (including phenoxy) is 1. The van der Waals surface area contributed by atoms with Crippen molar-refractivity contribution in [1.82, 2.24) is 15.5 Å². The quantitative estimate of drug-likeness (QED) is 0.419. The summed E-state index contributed by atoms with van der Waals surface area (Å²) in [6, 6.07) is 5.00. The van der Waals surface area contributed by atoms with Crippen molar-refractivity contribution >= 4 is 23.1 Å². The van der Waals surface area contributed by atoms with Crippen molar-refractivity contribution in [3.63, 3.8) is 0 Å². The van der Waals surface area contributed by atoms with E-state index in [4.69, 9.17) is 22.7 Å². The minimum Gasteiger partial charge on any atom is -0.432 e. The van der Waals surface area contributed by atoms with Gasteiger partial charge in [-0.3, -0.25) is 4.99 Å². The molecule has 0 aliphatic carbocycles. The van der Waals surface area contributed by atoms with Crippen molar-refractivity contribution in [2.45, 2.75) is 80.4 Å². The predicted octanol–water partition coefficient (Wildman–Crippen LogP) is 4.44. The van der Waals surface area contributed by atoms with E-state index in [0.717, 1.165) is 41.7 Å². The molecule has 1 aromatic rings. The number of hydrogen-bond donors (Lipinski definition) is 3. The molecule has 7 heteroatoms. The van der Waals surface area contributed by atoms with Crippen LogP contribution in [0.25, 0.3) is 0 Å². The lowest BCUT2D eigenvalue weighted by atomic mass is 9.89. The predicted molar refractivity (Wildman–Crippen MR) is 144 cm³/mol. The highest BCUT2D eigenvalue weighted by Gasteiger charge is 2.24. The first-order chi connectivity index (χ1) is 15.5. The van der Waals surface area contributed by atoms with Gasteiger partial charge in [0.05, 0.1) is 12.2 Å². The monoisotopic (exact) mass is 473 g/mol. The Morgan fingerprint density at radius 2 is 2.00 bits per heavy atom. The molecule has 0 aromatic heterocycles. The van der Waals surface area contributed by atoms with E-state index >= 15 is 0 Å². The Balaban J connectivity index is 0.00000187. The van der Waals surface area contributed by atoms with Crippen molar-refractivity contribution in [1.29, 1.82) is 0 Å². The Kier molecular flexibility index (Phi) is 9.88. The SMILES string of the molecule is CC.Cc1cc(OC(=S)NC(N)C2=CN=C(C(C)(C)C)CN2)c(C)cc1CCN1CCC1C. The molecule has 0 saturated carbocycles. The largest absolute Gasteiger partial charge is 0.432 e. The van der Waals surface area contributed by atoms with Crippen LogP contribution < -0.4 is 21.1 Å². The van der Waals surface area contributed by atoms with Crippen molar-refractivity contribution in [3.8, 4) is 5.75 Å². The van der Waals surface area contributed by atoms with E-state index < -0.39 is 6.17 Å². The first-order valence-corrected chi connectivity index (χ1v) is 12.5. The van der Waals surface area contributed by atoms with E-state index in [2.05, 4.69) is 74.2 Å². The smallest absolute Gasteiger partial charge is 0.263 e. The van der Waals surface area contributed by atoms with Gasteiger partial charge >= 0.3 is 0 Å². The molecule has 2 aliphatic heterocycles. The standard InChI is InChI=1S/C24H37N5OS.C2H6/c1-15-12-20(16(2)11-18(15)8-10-29-9-7-17(29)3)30-23(31)28-22(25)19-13-27-21(14-26-19)24(4,5)6;1-2/h11-13,17,22,26H,7-10,14,25H2,1-6H3,(H,28,31);1-2H3. The van der Waals surface area contributed by atoms with E-state index in [1.54, 1.807) is 6.20 Å². The van der Waals surface area contributed by atoms with Gasteiger partial charge in [-0.1, -0.05) is 40.7 Å². The number of hydrogen-bond acceptors (Lipinski definition) is 6. The minimum absolute atomic E-state index is 0.0278. The summed E-state index contributed by atoms with van der Waals surface area (Å²) in [5.41, 5.74) is 11.8. The molecule has 33 heavy (non-hydrogen) atoms. The summed E-state index contributed by atoms with van der Waals surface area (Å²) in [4.78, 5) is 7.09. The lowest BCUT2D eigenvalue weighted by Gasteiger charge is -2.38. The van der Waals surface area contributed by atoms with Gasteiger partial charge in [0, 0.05) is 29.9 Å². The number of nitrogens with two attached hydrogens (primary N) is 1. The van der Waals surface area contributed by atoms with Crippen LogP contribution in [0.4, 0.5) is 0 Å². The number of nitrogens with one attached hydrogen (secondary N) is 2. The zero-order chi connectivity index (χ0) is 24.8. The van der Waals surface area contributed by atoms with Crippen LogP contribution in [0.1, 0.15) is 64.7 Å². The first kappa shape index (κ1) is 27.3. The molecule has 2 aliphatic rings. The number of aliphatic imine (C=N–C) groups is 1. The average Bonchev–Trinajstić information content (AvgIpc) is 2.76. The van der Waals surface area contributed by atoms with Gasteiger partial charge in [-0.25, -0.2) is 0 Å². The summed E-state index contributed by atoms with van der Waals surface area (Å²) in [6.45, 7) is 19.9. The molecule has 1 saturated heterocycles. The zero-order valence-electron chi connectivity index (χ0n) is 21.7. The molecule has 0 radical (unpaired) electrons. The number of benzene rings is 1. The van der Waals surface area contributed by atoms with Crippen LogP contribution in [-0.4, -0.2) is 47.6 Å². The van der Waals surface area contributed by atoms with Crippen LogP contribution >= 0.6 is 12.2 Å². The molecule has 4 N–H and O–H groups in total. The first-order valence-electron chi connectivity index (χ1n) is 12.1. The van der Waals surface area contributed by atoms with E-state index in [0.29, 0.717) is 6.54 Å². The second kappa shape index (κ2) is 12.0. The maximum absolute atomic E-state index is 6.26. The summed E-state index contributed by atoms with van der Waals surface area (Å²) in [5.74, 6) is 0.766. The van der Waals surface area contributed by atoms with Gasteiger partial charge in [0.1, 0.15) is 11.9 Å². The Hall–Kier alpha value is -1.96. The van der Waals surface area contributed by atoms with Crippen molar-refractivity contribution in [2.24, 2.45) is 16.1 Å².